The van der Waals surface area contributed by atoms with Gasteiger partial charge in [0.25, 0.3) is 0 Å². The highest BCUT2D eigenvalue weighted by Crippen LogP contribution is 2.15. The van der Waals surface area contributed by atoms with Crippen molar-refractivity contribution in [3.63, 3.8) is 0 Å². The predicted octanol–water partition coefficient (Wildman–Crippen LogP) is 1.53. The Labute approximate surface area is 79.1 Å². The number of rotatable bonds is 5. The van der Waals surface area contributed by atoms with Crippen LogP contribution in [0.1, 0.15) is 32.3 Å². The van der Waals surface area contributed by atoms with Gasteiger partial charge in [-0.2, -0.15) is 5.10 Å². The third-order valence-electron chi connectivity index (χ3n) is 2.01. The van der Waals surface area contributed by atoms with E-state index in [1.54, 1.807) is 0 Å². The molecule has 0 fully saturated rings. The first-order chi connectivity index (χ1) is 6.33. The van der Waals surface area contributed by atoms with E-state index in [1.807, 2.05) is 10.9 Å². The van der Waals surface area contributed by atoms with Gasteiger partial charge in [-0.3, -0.25) is 0 Å². The molecule has 0 amide bonds. The minimum Gasteiger partial charge on any atom is -0.308 e. The highest BCUT2D eigenvalue weighted by Gasteiger charge is 2.07. The van der Waals surface area contributed by atoms with E-state index >= 15 is 0 Å². The van der Waals surface area contributed by atoms with Gasteiger partial charge in [-0.05, 0) is 12.8 Å². The van der Waals surface area contributed by atoms with Crippen LogP contribution in [0.5, 0.6) is 0 Å². The molecule has 0 saturated carbocycles. The first kappa shape index (κ1) is 10.1. The number of anilines is 1. The van der Waals surface area contributed by atoms with Gasteiger partial charge in [0.2, 0.25) is 0 Å². The van der Waals surface area contributed by atoms with Gasteiger partial charge in [-0.25, -0.2) is 10.5 Å². The number of aromatic nitrogens is 2. The molecule has 0 saturated heterocycles. The molecule has 0 atom stereocenters. The van der Waals surface area contributed by atoms with Crippen LogP contribution in [0.3, 0.4) is 0 Å². The monoisotopic (exact) mass is 182 g/mol. The molecule has 13 heavy (non-hydrogen) atoms. The number of hydrogen-bond acceptors (Lipinski definition) is 3. The molecule has 0 unspecified atom stereocenters. The van der Waals surface area contributed by atoms with Gasteiger partial charge in [0.15, 0.2) is 0 Å². The Morgan fingerprint density at radius 1 is 1.46 bits per heavy atom. The summed E-state index contributed by atoms with van der Waals surface area (Å²) < 4.78 is 1.92. The number of nitrogens with one attached hydrogen (secondary N) is 1. The summed E-state index contributed by atoms with van der Waals surface area (Å²) in [4.78, 5) is 0. The number of nitrogens with two attached hydrogens (primary N) is 1. The van der Waals surface area contributed by atoms with Gasteiger partial charge >= 0.3 is 0 Å². The number of nitrogens with zero attached hydrogens (tertiary/aromatic N) is 2. The molecule has 0 radical (unpaired) electrons. The summed E-state index contributed by atoms with van der Waals surface area (Å²) in [5, 5.41) is 4.27. The molecular weight excluding hydrogens is 164 g/mol. The van der Waals surface area contributed by atoms with Gasteiger partial charge in [0.1, 0.15) is 5.82 Å². The van der Waals surface area contributed by atoms with Gasteiger partial charge in [0.05, 0.1) is 6.20 Å². The van der Waals surface area contributed by atoms with Crippen molar-refractivity contribution in [2.75, 3.05) is 5.43 Å². The van der Waals surface area contributed by atoms with Crippen LogP contribution < -0.4 is 11.3 Å². The minimum absolute atomic E-state index is 0.920. The van der Waals surface area contributed by atoms with E-state index in [4.69, 9.17) is 5.84 Å². The molecule has 1 heterocycles. The summed E-state index contributed by atoms with van der Waals surface area (Å²) >= 11 is 0. The van der Waals surface area contributed by atoms with E-state index in [0.717, 1.165) is 31.6 Å². The molecular formula is C9H18N4. The molecule has 4 nitrogen and oxygen atoms in total. The predicted molar refractivity (Wildman–Crippen MR) is 54.3 cm³/mol. The molecule has 4 heteroatoms. The van der Waals surface area contributed by atoms with Crippen LogP contribution in [0, 0.1) is 0 Å². The Kier molecular flexibility index (Phi) is 3.76. The molecule has 0 spiro atoms. The quantitative estimate of drug-likeness (QED) is 0.536. The second-order valence-corrected chi connectivity index (χ2v) is 3.14. The van der Waals surface area contributed by atoms with Crippen molar-refractivity contribution in [1.82, 2.24) is 9.78 Å². The molecule has 1 aromatic heterocycles. The maximum Gasteiger partial charge on any atom is 0.141 e. The van der Waals surface area contributed by atoms with Gasteiger partial charge < -0.3 is 5.43 Å². The molecule has 0 aromatic carbocycles. The van der Waals surface area contributed by atoms with Crippen LogP contribution in [0.15, 0.2) is 6.20 Å². The van der Waals surface area contributed by atoms with E-state index in [1.165, 1.54) is 5.56 Å². The van der Waals surface area contributed by atoms with Gasteiger partial charge in [-0.15, -0.1) is 0 Å². The fourth-order valence-electron chi connectivity index (χ4n) is 1.42. The average molecular weight is 182 g/mol. The lowest BCUT2D eigenvalue weighted by molar-refractivity contribution is 0.607. The number of hydrazine groups is 1. The molecule has 3 N–H and O–H groups in total. The Morgan fingerprint density at radius 3 is 2.77 bits per heavy atom. The largest absolute Gasteiger partial charge is 0.308 e. The zero-order chi connectivity index (χ0) is 9.68. The van der Waals surface area contributed by atoms with E-state index in [9.17, 15) is 0 Å². The normalized spacial score (nSPS) is 10.4. The Morgan fingerprint density at radius 2 is 2.23 bits per heavy atom. The highest BCUT2D eigenvalue weighted by molar-refractivity contribution is 5.42. The van der Waals surface area contributed by atoms with Crippen molar-refractivity contribution in [2.45, 2.75) is 39.7 Å². The van der Waals surface area contributed by atoms with E-state index < -0.39 is 0 Å². The lowest BCUT2D eigenvalue weighted by Gasteiger charge is -2.06. The number of aryl methyl sites for hydroxylation is 2. The Bertz CT molecular complexity index is 231. The molecule has 1 aromatic rings. The number of nitrogen functional groups attached to an aromatic ring is 1. The second kappa shape index (κ2) is 4.87. The zero-order valence-electron chi connectivity index (χ0n) is 8.38. The Hall–Kier alpha value is -1.03. The maximum atomic E-state index is 5.45. The van der Waals surface area contributed by atoms with Crippen molar-refractivity contribution >= 4 is 5.82 Å². The van der Waals surface area contributed by atoms with E-state index in [2.05, 4.69) is 24.4 Å². The molecule has 0 aliphatic rings. The highest BCUT2D eigenvalue weighted by atomic mass is 15.4. The summed E-state index contributed by atoms with van der Waals surface area (Å²) in [6, 6.07) is 0. The number of hydrogen-bond donors (Lipinski definition) is 2. The minimum atomic E-state index is 0.920. The lowest BCUT2D eigenvalue weighted by Crippen LogP contribution is -2.14. The zero-order valence-corrected chi connectivity index (χ0v) is 8.38. The molecule has 0 aliphatic carbocycles. The molecule has 0 bridgehead atoms. The fraction of sp³-hybridized carbons (Fsp3) is 0.667. The molecule has 0 aliphatic heterocycles. The summed E-state index contributed by atoms with van der Waals surface area (Å²) in [7, 11) is 0. The fourth-order valence-corrected chi connectivity index (χ4v) is 1.42. The van der Waals surface area contributed by atoms with Crippen LogP contribution in [0.25, 0.3) is 0 Å². The van der Waals surface area contributed by atoms with Crippen molar-refractivity contribution in [3.8, 4) is 0 Å². The maximum absolute atomic E-state index is 5.45. The average Bonchev–Trinajstić information content (AvgIpc) is 2.49. The smallest absolute Gasteiger partial charge is 0.141 e. The summed E-state index contributed by atoms with van der Waals surface area (Å²) in [6.45, 7) is 5.20. The van der Waals surface area contributed by atoms with Crippen LogP contribution >= 0.6 is 0 Å². The van der Waals surface area contributed by atoms with Crippen LogP contribution in [-0.4, -0.2) is 9.78 Å². The van der Waals surface area contributed by atoms with E-state index in [-0.39, 0.29) is 0 Å². The third kappa shape index (κ3) is 2.21. The Balaban J connectivity index is 2.82. The second-order valence-electron chi connectivity index (χ2n) is 3.14. The first-order valence-electron chi connectivity index (χ1n) is 4.84. The molecule has 1 rings (SSSR count). The lowest BCUT2D eigenvalue weighted by atomic mass is 10.2. The van der Waals surface area contributed by atoms with Crippen molar-refractivity contribution < 1.29 is 0 Å². The van der Waals surface area contributed by atoms with Crippen molar-refractivity contribution in [1.29, 1.82) is 0 Å². The topological polar surface area (TPSA) is 55.9 Å². The van der Waals surface area contributed by atoms with Crippen molar-refractivity contribution in [3.05, 3.63) is 11.8 Å². The van der Waals surface area contributed by atoms with Crippen molar-refractivity contribution in [2.24, 2.45) is 5.84 Å². The SMILES string of the molecule is CCCc1cnn(CCC)c1NN. The summed E-state index contributed by atoms with van der Waals surface area (Å²) in [5.41, 5.74) is 3.92. The van der Waals surface area contributed by atoms with E-state index in [0.29, 0.717) is 0 Å². The first-order valence-corrected chi connectivity index (χ1v) is 4.84. The summed E-state index contributed by atoms with van der Waals surface area (Å²) in [5.74, 6) is 6.41. The third-order valence-corrected chi connectivity index (χ3v) is 2.01. The standard InChI is InChI=1S/C9H18N4/c1-3-5-8-7-11-13(6-4-2)9(8)12-10/h7,12H,3-6,10H2,1-2H3. The molecule has 74 valence electrons. The van der Waals surface area contributed by atoms with Crippen LogP contribution in [0.4, 0.5) is 5.82 Å². The van der Waals surface area contributed by atoms with Crippen LogP contribution in [-0.2, 0) is 13.0 Å². The summed E-state index contributed by atoms with van der Waals surface area (Å²) in [6.07, 6.45) is 5.12. The van der Waals surface area contributed by atoms with Crippen LogP contribution in [0.2, 0.25) is 0 Å². The van der Waals surface area contributed by atoms with Gasteiger partial charge in [-0.1, -0.05) is 20.3 Å². The van der Waals surface area contributed by atoms with Gasteiger partial charge in [0, 0.05) is 12.1 Å².